The van der Waals surface area contributed by atoms with Crippen molar-refractivity contribution in [2.75, 3.05) is 13.7 Å². The number of aliphatic hydroxyl groups excluding tert-OH is 2. The van der Waals surface area contributed by atoms with Crippen LogP contribution in [0.25, 0.3) is 0 Å². The average molecular weight is 598 g/mol. The van der Waals surface area contributed by atoms with Gasteiger partial charge in [0.2, 0.25) is 0 Å². The molecule has 0 aromatic rings. The van der Waals surface area contributed by atoms with Gasteiger partial charge in [-0.2, -0.15) is 0 Å². The Hall–Kier alpha value is -1.03. The number of ether oxygens (including phenoxy) is 4. The van der Waals surface area contributed by atoms with Crippen LogP contribution in [0.3, 0.4) is 0 Å². The van der Waals surface area contributed by atoms with Crippen molar-refractivity contribution in [3.63, 3.8) is 0 Å². The second-order valence-electron chi connectivity index (χ2n) is 14.1. The van der Waals surface area contributed by atoms with Crippen molar-refractivity contribution in [3.8, 4) is 0 Å². The summed E-state index contributed by atoms with van der Waals surface area (Å²) in [5.41, 5.74) is -1.43. The first kappa shape index (κ1) is 37.2. The Kier molecular flexibility index (Phi) is 13.1. The van der Waals surface area contributed by atoms with E-state index in [2.05, 4.69) is 34.3 Å². The fourth-order valence-electron chi connectivity index (χ4n) is 7.50. The van der Waals surface area contributed by atoms with Crippen LogP contribution in [0.5, 0.6) is 0 Å². The first-order valence-electron chi connectivity index (χ1n) is 16.2. The molecule has 0 amide bonds. The fraction of sp³-hybridized carbons (Fsp3) is 0.912. The summed E-state index contributed by atoms with van der Waals surface area (Å²) in [6.07, 6.45) is -0.256. The molecule has 246 valence electrons. The molecule has 0 bridgehead atoms. The van der Waals surface area contributed by atoms with E-state index in [9.17, 15) is 15.3 Å². The van der Waals surface area contributed by atoms with Crippen LogP contribution < -0.4 is 0 Å². The van der Waals surface area contributed by atoms with E-state index in [1.165, 1.54) is 0 Å². The van der Waals surface area contributed by atoms with Crippen molar-refractivity contribution in [2.24, 2.45) is 34.1 Å². The van der Waals surface area contributed by atoms with Crippen LogP contribution in [-0.2, 0) is 18.9 Å². The third-order valence-electron chi connectivity index (χ3n) is 10.5. The van der Waals surface area contributed by atoms with Crippen molar-refractivity contribution in [2.45, 2.75) is 156 Å². The lowest BCUT2D eigenvalue weighted by Crippen LogP contribution is -2.57. The number of hydrogen-bond donors (Lipinski definition) is 3. The first-order valence-corrected chi connectivity index (χ1v) is 16.2. The highest BCUT2D eigenvalue weighted by Crippen LogP contribution is 2.43. The molecule has 0 aliphatic carbocycles. The molecule has 0 spiro atoms. The van der Waals surface area contributed by atoms with E-state index in [0.717, 1.165) is 25.0 Å². The summed E-state index contributed by atoms with van der Waals surface area (Å²) in [5, 5.41) is 34.1. The van der Waals surface area contributed by atoms with Crippen molar-refractivity contribution >= 4 is 5.71 Å². The van der Waals surface area contributed by atoms with E-state index in [-0.39, 0.29) is 35.2 Å². The van der Waals surface area contributed by atoms with Gasteiger partial charge in [0.05, 0.1) is 29.7 Å². The van der Waals surface area contributed by atoms with Crippen LogP contribution in [0.4, 0.5) is 0 Å². The van der Waals surface area contributed by atoms with Gasteiger partial charge in [0.15, 0.2) is 6.29 Å². The molecule has 8 heteroatoms. The summed E-state index contributed by atoms with van der Waals surface area (Å²) in [6.45, 7) is 27.2. The van der Waals surface area contributed by atoms with Gasteiger partial charge < -0.3 is 34.3 Å². The molecule has 2 saturated heterocycles. The van der Waals surface area contributed by atoms with Crippen LogP contribution in [0.2, 0.25) is 0 Å². The van der Waals surface area contributed by atoms with Crippen LogP contribution >= 0.6 is 0 Å². The summed E-state index contributed by atoms with van der Waals surface area (Å²) in [5.74, 6) is 0.146. The van der Waals surface area contributed by atoms with Gasteiger partial charge >= 0.3 is 0 Å². The summed E-state index contributed by atoms with van der Waals surface area (Å²) >= 11 is 0. The summed E-state index contributed by atoms with van der Waals surface area (Å²) < 4.78 is 25.1. The summed E-state index contributed by atoms with van der Waals surface area (Å²) in [6, 6.07) is 0. The predicted molar refractivity (Wildman–Crippen MR) is 168 cm³/mol. The molecule has 3 unspecified atom stereocenters. The summed E-state index contributed by atoms with van der Waals surface area (Å²) in [4.78, 5) is 4.87. The zero-order valence-corrected chi connectivity index (χ0v) is 28.6. The van der Waals surface area contributed by atoms with Gasteiger partial charge in [0, 0.05) is 37.6 Å². The molecule has 0 aromatic carbocycles. The van der Waals surface area contributed by atoms with Gasteiger partial charge in [-0.25, -0.2) is 0 Å². The van der Waals surface area contributed by atoms with Crippen LogP contribution in [0.15, 0.2) is 17.3 Å². The average Bonchev–Trinajstić information content (AvgIpc) is 2.93. The zero-order chi connectivity index (χ0) is 32.2. The monoisotopic (exact) mass is 597 g/mol. The van der Waals surface area contributed by atoms with Crippen molar-refractivity contribution in [1.82, 2.24) is 0 Å². The maximum atomic E-state index is 11.8. The minimum absolute atomic E-state index is 0.0297. The quantitative estimate of drug-likeness (QED) is 0.349. The van der Waals surface area contributed by atoms with E-state index in [1.807, 2.05) is 41.5 Å². The number of hydrogen-bond acceptors (Lipinski definition) is 8. The molecule has 2 heterocycles. The van der Waals surface area contributed by atoms with Gasteiger partial charge in [0.25, 0.3) is 0 Å². The van der Waals surface area contributed by atoms with Crippen molar-refractivity contribution in [1.29, 1.82) is 0 Å². The Labute approximate surface area is 256 Å². The van der Waals surface area contributed by atoms with Crippen molar-refractivity contribution < 1.29 is 34.3 Å². The largest absolute Gasteiger partial charge is 0.492 e. The third kappa shape index (κ3) is 8.16. The standard InChI is InChI=1S/C34H63NO7/c1-14-26-34(12,38)30(36)23(7)28(35-16-3)20(4)17-32(10,15-2)18-21(5)29(22(6)24(8)40-26)42-27-19-33(11,39-13)31(37)25(9)41-27/h20-23,25-27,29-31,36-38H,8,14-19H2,1-7,9-13H3/t20-,21-,22+,23?,25?,26-,27+,29+,30?,31+,32-,33-,34-/m1/s1. The van der Waals surface area contributed by atoms with Gasteiger partial charge in [-0.05, 0) is 64.2 Å². The smallest absolute Gasteiger partial charge is 0.161 e. The number of rotatable bonds is 6. The van der Waals surface area contributed by atoms with Crippen LogP contribution in [0, 0.1) is 29.1 Å². The lowest BCUT2D eigenvalue weighted by Gasteiger charge is -2.47. The van der Waals surface area contributed by atoms with Gasteiger partial charge in [0.1, 0.15) is 17.8 Å². The minimum Gasteiger partial charge on any atom is -0.492 e. The number of aliphatic hydroxyl groups is 3. The van der Waals surface area contributed by atoms with E-state index in [4.69, 9.17) is 23.9 Å². The number of aliphatic imine (C=N–C) groups is 1. The minimum atomic E-state index is -1.54. The van der Waals surface area contributed by atoms with Crippen LogP contribution in [-0.4, -0.2) is 82.7 Å². The molecule has 42 heavy (non-hydrogen) atoms. The molecular formula is C34H63NO7. The Morgan fingerprint density at radius 3 is 2.10 bits per heavy atom. The number of methoxy groups -OCH3 is 1. The maximum absolute atomic E-state index is 11.8. The zero-order valence-electron chi connectivity index (χ0n) is 28.6. The SMILES string of the molecule is C=C1O[C@H](CC)[C@@](C)(O)C(O)C(C)C(=NCC)[C@H](C)C[C@@](C)(CC)C[C@@H](C)[C@H](O[C@H]2C[C@@](C)(OC)[C@@H](O)C(C)O2)[C@H]1C. The molecule has 3 N–H and O–H groups in total. The molecular weight excluding hydrogens is 534 g/mol. The third-order valence-corrected chi connectivity index (χ3v) is 10.5. The Morgan fingerprint density at radius 2 is 1.57 bits per heavy atom. The topological polar surface area (TPSA) is 110 Å². The fourth-order valence-corrected chi connectivity index (χ4v) is 7.50. The molecule has 8 nitrogen and oxygen atoms in total. The molecule has 2 rings (SSSR count). The maximum Gasteiger partial charge on any atom is 0.161 e. The second kappa shape index (κ2) is 14.8. The van der Waals surface area contributed by atoms with Crippen molar-refractivity contribution in [3.05, 3.63) is 12.3 Å². The molecule has 2 fully saturated rings. The Morgan fingerprint density at radius 1 is 0.952 bits per heavy atom. The summed E-state index contributed by atoms with van der Waals surface area (Å²) in [7, 11) is 1.61. The molecule has 0 saturated carbocycles. The first-order chi connectivity index (χ1) is 19.4. The van der Waals surface area contributed by atoms with E-state index in [0.29, 0.717) is 25.1 Å². The predicted octanol–water partition coefficient (Wildman–Crippen LogP) is 5.91. The molecule has 0 aromatic heterocycles. The van der Waals surface area contributed by atoms with E-state index < -0.39 is 41.9 Å². The molecule has 0 radical (unpaired) electrons. The molecule has 13 atom stereocenters. The highest BCUT2D eigenvalue weighted by atomic mass is 16.7. The van der Waals surface area contributed by atoms with Gasteiger partial charge in [-0.3, -0.25) is 4.99 Å². The highest BCUT2D eigenvalue weighted by Gasteiger charge is 2.48. The normalized spacial score (nSPS) is 47.6. The molecule has 2 aliphatic rings. The second-order valence-corrected chi connectivity index (χ2v) is 14.1. The highest BCUT2D eigenvalue weighted by molar-refractivity contribution is 5.89. The van der Waals surface area contributed by atoms with Crippen LogP contribution in [0.1, 0.15) is 108 Å². The van der Waals surface area contributed by atoms with Gasteiger partial charge in [-0.1, -0.05) is 61.5 Å². The number of nitrogens with zero attached hydrogens (tertiary/aromatic N) is 1. The molecule has 2 aliphatic heterocycles. The lowest BCUT2D eigenvalue weighted by molar-refractivity contribution is -0.296. The van der Waals surface area contributed by atoms with E-state index in [1.54, 1.807) is 14.0 Å². The lowest BCUT2D eigenvalue weighted by atomic mass is 9.68. The van der Waals surface area contributed by atoms with Gasteiger partial charge in [-0.15, -0.1) is 0 Å². The Balaban J connectivity index is 2.58. The Bertz CT molecular complexity index is 908. The van der Waals surface area contributed by atoms with E-state index >= 15 is 0 Å².